The van der Waals surface area contributed by atoms with Crippen molar-refractivity contribution >= 4 is 0 Å². The smallest absolute Gasteiger partial charge is 0.244 e. The van der Waals surface area contributed by atoms with Gasteiger partial charge in [0.15, 0.2) is 0 Å². The van der Waals surface area contributed by atoms with E-state index in [1.54, 1.807) is 0 Å². The van der Waals surface area contributed by atoms with Gasteiger partial charge in [0.05, 0.1) is 6.04 Å². The van der Waals surface area contributed by atoms with E-state index in [1.165, 1.54) is 12.8 Å². The van der Waals surface area contributed by atoms with Gasteiger partial charge in [0.25, 0.3) is 0 Å². The van der Waals surface area contributed by atoms with Crippen LogP contribution in [-0.2, 0) is 0 Å². The van der Waals surface area contributed by atoms with Crippen molar-refractivity contribution in [2.24, 2.45) is 5.73 Å². The van der Waals surface area contributed by atoms with Crippen molar-refractivity contribution in [2.75, 3.05) is 19.6 Å². The van der Waals surface area contributed by atoms with Crippen LogP contribution < -0.4 is 5.73 Å². The number of benzene rings is 1. The average molecular weight is 272 g/mol. The Morgan fingerprint density at radius 3 is 2.90 bits per heavy atom. The summed E-state index contributed by atoms with van der Waals surface area (Å²) in [6.07, 6.45) is 3.49. The zero-order valence-electron chi connectivity index (χ0n) is 11.5. The van der Waals surface area contributed by atoms with Crippen LogP contribution in [0.4, 0.5) is 0 Å². The lowest BCUT2D eigenvalue weighted by atomic mass is 10.0. The van der Waals surface area contributed by atoms with Crippen LogP contribution in [0.2, 0.25) is 0 Å². The minimum Gasteiger partial charge on any atom is -0.337 e. The third kappa shape index (κ3) is 2.73. The molecule has 1 aromatic heterocycles. The first-order chi connectivity index (χ1) is 9.88. The Labute approximate surface area is 118 Å². The molecule has 20 heavy (non-hydrogen) atoms. The van der Waals surface area contributed by atoms with E-state index in [2.05, 4.69) is 15.0 Å². The maximum atomic E-state index is 5.69. The van der Waals surface area contributed by atoms with Crippen molar-refractivity contribution in [3.63, 3.8) is 0 Å². The number of hydrogen-bond acceptors (Lipinski definition) is 5. The molecule has 0 aliphatic carbocycles. The molecule has 1 aliphatic heterocycles. The highest BCUT2D eigenvalue weighted by atomic mass is 16.5. The van der Waals surface area contributed by atoms with Gasteiger partial charge in [-0.15, -0.1) is 0 Å². The second-order valence-electron chi connectivity index (χ2n) is 5.16. The number of rotatable bonds is 4. The fourth-order valence-electron chi connectivity index (χ4n) is 2.78. The maximum Gasteiger partial charge on any atom is 0.244 e. The third-order valence-electron chi connectivity index (χ3n) is 3.79. The molecule has 1 atom stereocenters. The monoisotopic (exact) mass is 272 g/mol. The normalized spacial score (nSPS) is 20.1. The molecule has 2 aromatic rings. The lowest BCUT2D eigenvalue weighted by Crippen LogP contribution is -2.37. The highest BCUT2D eigenvalue weighted by Gasteiger charge is 2.28. The summed E-state index contributed by atoms with van der Waals surface area (Å²) in [5.41, 5.74) is 6.68. The first-order valence-corrected chi connectivity index (χ1v) is 7.21. The molecule has 1 unspecified atom stereocenters. The lowest BCUT2D eigenvalue weighted by molar-refractivity contribution is 0.122. The van der Waals surface area contributed by atoms with Gasteiger partial charge < -0.3 is 10.3 Å². The number of likely N-dealkylation sites (tertiary alicyclic amines) is 1. The van der Waals surface area contributed by atoms with E-state index in [1.807, 2.05) is 30.3 Å². The van der Waals surface area contributed by atoms with Gasteiger partial charge in [0.1, 0.15) is 0 Å². The molecular weight excluding hydrogens is 252 g/mol. The van der Waals surface area contributed by atoms with Crippen LogP contribution in [0, 0.1) is 0 Å². The number of aromatic nitrogens is 2. The van der Waals surface area contributed by atoms with Gasteiger partial charge in [-0.25, -0.2) is 0 Å². The first-order valence-electron chi connectivity index (χ1n) is 7.21. The van der Waals surface area contributed by atoms with Gasteiger partial charge in [-0.3, -0.25) is 4.90 Å². The molecule has 5 nitrogen and oxygen atoms in total. The summed E-state index contributed by atoms with van der Waals surface area (Å²) in [6.45, 7) is 2.61. The molecule has 1 aliphatic rings. The Bertz CT molecular complexity index is 538. The van der Waals surface area contributed by atoms with Crippen molar-refractivity contribution in [3.05, 3.63) is 36.2 Å². The molecule has 3 rings (SSSR count). The summed E-state index contributed by atoms with van der Waals surface area (Å²) >= 11 is 0. The Hall–Kier alpha value is -1.72. The van der Waals surface area contributed by atoms with E-state index in [4.69, 9.17) is 10.3 Å². The van der Waals surface area contributed by atoms with Gasteiger partial charge in [-0.2, -0.15) is 4.98 Å². The van der Waals surface area contributed by atoms with Crippen molar-refractivity contribution in [1.82, 2.24) is 15.0 Å². The third-order valence-corrected chi connectivity index (χ3v) is 3.79. The van der Waals surface area contributed by atoms with Crippen LogP contribution in [0.1, 0.15) is 31.2 Å². The van der Waals surface area contributed by atoms with Gasteiger partial charge in [0, 0.05) is 18.7 Å². The van der Waals surface area contributed by atoms with Crippen molar-refractivity contribution < 1.29 is 4.52 Å². The van der Waals surface area contributed by atoms with Crippen LogP contribution in [-0.4, -0.2) is 34.7 Å². The fraction of sp³-hybridized carbons (Fsp3) is 0.467. The minimum absolute atomic E-state index is 0.220. The predicted octanol–water partition coefficient (Wildman–Crippen LogP) is 2.22. The van der Waals surface area contributed by atoms with E-state index in [-0.39, 0.29) is 6.04 Å². The predicted molar refractivity (Wildman–Crippen MR) is 77.0 cm³/mol. The van der Waals surface area contributed by atoms with Gasteiger partial charge in [0.2, 0.25) is 11.7 Å². The first kappa shape index (κ1) is 13.3. The molecule has 0 saturated carbocycles. The van der Waals surface area contributed by atoms with E-state index >= 15 is 0 Å². The summed E-state index contributed by atoms with van der Waals surface area (Å²) < 4.78 is 5.49. The highest BCUT2D eigenvalue weighted by Crippen LogP contribution is 2.30. The standard InChI is InChI=1S/C15H20N4O/c16-9-11-19-10-5-4-8-13(19)15-17-14(18-20-15)12-6-2-1-3-7-12/h1-3,6-7,13H,4-5,8-11,16H2. The van der Waals surface area contributed by atoms with Gasteiger partial charge in [-0.05, 0) is 19.4 Å². The number of piperidine rings is 1. The van der Waals surface area contributed by atoms with Crippen LogP contribution >= 0.6 is 0 Å². The zero-order chi connectivity index (χ0) is 13.8. The Morgan fingerprint density at radius 1 is 1.25 bits per heavy atom. The van der Waals surface area contributed by atoms with E-state index < -0.39 is 0 Å². The maximum absolute atomic E-state index is 5.69. The van der Waals surface area contributed by atoms with Crippen molar-refractivity contribution in [3.8, 4) is 11.4 Å². The molecule has 5 heteroatoms. The number of nitrogens with two attached hydrogens (primary N) is 1. The van der Waals surface area contributed by atoms with E-state index in [9.17, 15) is 0 Å². The molecule has 1 aromatic carbocycles. The molecule has 0 spiro atoms. The summed E-state index contributed by atoms with van der Waals surface area (Å²) in [5, 5.41) is 4.11. The van der Waals surface area contributed by atoms with E-state index in [0.717, 1.165) is 31.0 Å². The van der Waals surface area contributed by atoms with Crippen LogP contribution in [0.5, 0.6) is 0 Å². The van der Waals surface area contributed by atoms with Crippen LogP contribution in [0.15, 0.2) is 34.9 Å². The zero-order valence-corrected chi connectivity index (χ0v) is 11.5. The van der Waals surface area contributed by atoms with Gasteiger partial charge >= 0.3 is 0 Å². The second-order valence-corrected chi connectivity index (χ2v) is 5.16. The minimum atomic E-state index is 0.220. The highest BCUT2D eigenvalue weighted by molar-refractivity contribution is 5.53. The van der Waals surface area contributed by atoms with Crippen molar-refractivity contribution in [1.29, 1.82) is 0 Å². The number of hydrogen-bond donors (Lipinski definition) is 1. The Balaban J connectivity index is 1.81. The molecule has 2 heterocycles. The Morgan fingerprint density at radius 2 is 2.10 bits per heavy atom. The molecule has 0 radical (unpaired) electrons. The molecule has 0 bridgehead atoms. The summed E-state index contributed by atoms with van der Waals surface area (Å²) in [4.78, 5) is 6.93. The fourth-order valence-corrected chi connectivity index (χ4v) is 2.78. The van der Waals surface area contributed by atoms with Crippen LogP contribution in [0.3, 0.4) is 0 Å². The quantitative estimate of drug-likeness (QED) is 0.924. The molecule has 1 saturated heterocycles. The molecule has 106 valence electrons. The molecular formula is C15H20N4O. The molecule has 0 amide bonds. The second kappa shape index (κ2) is 6.15. The summed E-state index contributed by atoms with van der Waals surface area (Å²) in [5.74, 6) is 1.39. The average Bonchev–Trinajstić information content (AvgIpc) is 2.99. The Kier molecular flexibility index (Phi) is 4.08. The summed E-state index contributed by atoms with van der Waals surface area (Å²) in [7, 11) is 0. The topological polar surface area (TPSA) is 68.2 Å². The summed E-state index contributed by atoms with van der Waals surface area (Å²) in [6, 6.07) is 10.1. The molecule has 1 fully saturated rings. The largest absolute Gasteiger partial charge is 0.337 e. The van der Waals surface area contributed by atoms with Crippen molar-refractivity contribution in [2.45, 2.75) is 25.3 Å². The lowest BCUT2D eigenvalue weighted by Gasteiger charge is -2.32. The number of nitrogens with zero attached hydrogens (tertiary/aromatic N) is 3. The van der Waals surface area contributed by atoms with Gasteiger partial charge in [-0.1, -0.05) is 41.9 Å². The molecule has 2 N–H and O–H groups in total. The van der Waals surface area contributed by atoms with Crippen LogP contribution in [0.25, 0.3) is 11.4 Å². The van der Waals surface area contributed by atoms with E-state index in [0.29, 0.717) is 12.4 Å². The SMILES string of the molecule is NCCN1CCCCC1c1nc(-c2ccccc2)no1.